The Morgan fingerprint density at radius 1 is 1.50 bits per heavy atom. The number of carbonyl (C=O) groups excluding carboxylic acids is 1. The summed E-state index contributed by atoms with van der Waals surface area (Å²) in [5.41, 5.74) is -0.399. The number of hydrogen-bond donors (Lipinski definition) is 0. The summed E-state index contributed by atoms with van der Waals surface area (Å²) in [7, 11) is 0. The molecule has 0 aromatic heterocycles. The molecule has 0 aromatic carbocycles. The largest absolute Gasteiger partial charge is 0.383 e. The number of carbonyl (C=O) groups is 1. The zero-order chi connectivity index (χ0) is 6.78. The van der Waals surface area contributed by atoms with Crippen LogP contribution < -0.4 is 0 Å². The lowest BCUT2D eigenvalue weighted by Gasteiger charge is -2.11. The van der Waals surface area contributed by atoms with Crippen molar-refractivity contribution in [2.75, 3.05) is 0 Å². The van der Waals surface area contributed by atoms with Crippen LogP contribution in [0.3, 0.4) is 0 Å². The SMILES string of the molecule is CC(C)(C)C(=O)OBr. The lowest BCUT2D eigenvalue weighted by molar-refractivity contribution is -0.140. The van der Waals surface area contributed by atoms with Gasteiger partial charge in [-0.25, -0.2) is 0 Å². The van der Waals surface area contributed by atoms with E-state index in [1.165, 1.54) is 0 Å². The molecule has 48 valence electrons. The van der Waals surface area contributed by atoms with Crippen LogP contribution in [0.2, 0.25) is 0 Å². The highest BCUT2D eigenvalue weighted by Crippen LogP contribution is 2.15. The summed E-state index contributed by atoms with van der Waals surface area (Å²) >= 11 is 2.60. The fourth-order valence-electron chi connectivity index (χ4n) is 0.116. The van der Waals surface area contributed by atoms with E-state index in [4.69, 9.17) is 0 Å². The van der Waals surface area contributed by atoms with Gasteiger partial charge < -0.3 is 3.83 Å². The van der Waals surface area contributed by atoms with Crippen molar-refractivity contribution < 1.29 is 8.62 Å². The standard InChI is InChI=1S/C5H9BrO2/c1-5(2,3)4(7)8-6/h1-3H3. The molecule has 0 aliphatic carbocycles. The van der Waals surface area contributed by atoms with Crippen molar-refractivity contribution in [1.82, 2.24) is 0 Å². The number of hydrogen-bond acceptors (Lipinski definition) is 2. The van der Waals surface area contributed by atoms with Crippen LogP contribution in [0.15, 0.2) is 0 Å². The second-order valence-corrected chi connectivity index (χ2v) is 2.94. The summed E-state index contributed by atoms with van der Waals surface area (Å²) in [5.74, 6) is -0.252. The molecule has 0 spiro atoms. The molecule has 0 heterocycles. The third-order valence-electron chi connectivity index (χ3n) is 0.682. The summed E-state index contributed by atoms with van der Waals surface area (Å²) in [5, 5.41) is 0. The summed E-state index contributed by atoms with van der Waals surface area (Å²) in [4.78, 5) is 10.6. The molecule has 8 heavy (non-hydrogen) atoms. The third kappa shape index (κ3) is 2.31. The second kappa shape index (κ2) is 2.49. The van der Waals surface area contributed by atoms with E-state index >= 15 is 0 Å². The summed E-state index contributed by atoms with van der Waals surface area (Å²) in [6.07, 6.45) is 0. The Labute approximate surface area is 57.7 Å². The van der Waals surface area contributed by atoms with E-state index in [-0.39, 0.29) is 5.97 Å². The van der Waals surface area contributed by atoms with Gasteiger partial charge in [-0.3, -0.25) is 4.79 Å². The third-order valence-corrected chi connectivity index (χ3v) is 0.976. The highest BCUT2D eigenvalue weighted by Gasteiger charge is 2.22. The number of halogens is 1. The molecule has 0 bridgehead atoms. The van der Waals surface area contributed by atoms with Gasteiger partial charge in [-0.2, -0.15) is 0 Å². The lowest BCUT2D eigenvalue weighted by atomic mass is 9.98. The maximum Gasteiger partial charge on any atom is 0.322 e. The monoisotopic (exact) mass is 180 g/mol. The Kier molecular flexibility index (Phi) is 2.47. The minimum atomic E-state index is -0.399. The fourth-order valence-corrected chi connectivity index (χ4v) is 0.601. The van der Waals surface area contributed by atoms with Crippen molar-refractivity contribution in [3.63, 3.8) is 0 Å². The summed E-state index contributed by atoms with van der Waals surface area (Å²) < 4.78 is 4.29. The molecule has 0 aliphatic rings. The van der Waals surface area contributed by atoms with Crippen LogP contribution in [0.25, 0.3) is 0 Å². The zero-order valence-corrected chi connectivity index (χ0v) is 6.78. The van der Waals surface area contributed by atoms with Gasteiger partial charge in [0.2, 0.25) is 0 Å². The molecule has 0 atom stereocenters. The molecule has 0 saturated heterocycles. The topological polar surface area (TPSA) is 26.3 Å². The Hall–Kier alpha value is -0.0500. The highest BCUT2D eigenvalue weighted by molar-refractivity contribution is 9.06. The van der Waals surface area contributed by atoms with Crippen LogP contribution in [-0.4, -0.2) is 5.97 Å². The second-order valence-electron chi connectivity index (χ2n) is 2.61. The predicted molar refractivity (Wildman–Crippen MR) is 34.5 cm³/mol. The van der Waals surface area contributed by atoms with Gasteiger partial charge in [0, 0.05) is 0 Å². The molecule has 0 radical (unpaired) electrons. The molecule has 0 saturated carbocycles. The van der Waals surface area contributed by atoms with Crippen LogP contribution in [0, 0.1) is 5.41 Å². The first-order valence-corrected chi connectivity index (χ1v) is 2.96. The molecule has 0 aliphatic heterocycles. The van der Waals surface area contributed by atoms with Crippen molar-refractivity contribution in [2.45, 2.75) is 20.8 Å². The maximum absolute atomic E-state index is 10.6. The van der Waals surface area contributed by atoms with Crippen molar-refractivity contribution >= 4 is 22.2 Å². The van der Waals surface area contributed by atoms with E-state index < -0.39 is 5.41 Å². The molecule has 3 heteroatoms. The van der Waals surface area contributed by atoms with E-state index in [9.17, 15) is 4.79 Å². The summed E-state index contributed by atoms with van der Waals surface area (Å²) in [6, 6.07) is 0. The quantitative estimate of drug-likeness (QED) is 0.570. The molecule has 0 amide bonds. The van der Waals surface area contributed by atoms with Crippen LogP contribution in [-0.2, 0) is 8.62 Å². The van der Waals surface area contributed by atoms with Gasteiger partial charge in [-0.15, -0.1) is 0 Å². The van der Waals surface area contributed by atoms with Gasteiger partial charge in [0.25, 0.3) is 0 Å². The van der Waals surface area contributed by atoms with E-state index in [2.05, 4.69) is 20.1 Å². The molecule has 0 aromatic rings. The number of rotatable bonds is 0. The zero-order valence-electron chi connectivity index (χ0n) is 5.19. The molecular weight excluding hydrogens is 172 g/mol. The van der Waals surface area contributed by atoms with Crippen LogP contribution in [0.4, 0.5) is 0 Å². The molecule has 2 nitrogen and oxygen atoms in total. The minimum absolute atomic E-state index is 0.252. The Bertz CT molecular complexity index is 93.1. The molecule has 0 fully saturated rings. The van der Waals surface area contributed by atoms with Crippen LogP contribution in [0.5, 0.6) is 0 Å². The van der Waals surface area contributed by atoms with Crippen LogP contribution >= 0.6 is 16.3 Å². The van der Waals surface area contributed by atoms with Gasteiger partial charge in [0.05, 0.1) is 5.41 Å². The van der Waals surface area contributed by atoms with E-state index in [0.717, 1.165) is 0 Å². The lowest BCUT2D eigenvalue weighted by Crippen LogP contribution is -2.19. The first-order chi connectivity index (χ1) is 3.48. The normalized spacial score (nSPS) is 11.0. The highest BCUT2D eigenvalue weighted by atomic mass is 79.9. The Morgan fingerprint density at radius 2 is 1.88 bits per heavy atom. The van der Waals surface area contributed by atoms with Crippen molar-refractivity contribution in [2.24, 2.45) is 5.41 Å². The van der Waals surface area contributed by atoms with Gasteiger partial charge in [0.1, 0.15) is 0 Å². The van der Waals surface area contributed by atoms with E-state index in [1.54, 1.807) is 20.8 Å². The molecule has 0 rings (SSSR count). The summed E-state index contributed by atoms with van der Waals surface area (Å²) in [6.45, 7) is 5.36. The molecule has 0 N–H and O–H groups in total. The van der Waals surface area contributed by atoms with Gasteiger partial charge in [-0.05, 0) is 20.8 Å². The molecule has 0 unspecified atom stereocenters. The maximum atomic E-state index is 10.6. The van der Waals surface area contributed by atoms with Gasteiger partial charge >= 0.3 is 5.97 Å². The first kappa shape index (κ1) is 7.95. The minimum Gasteiger partial charge on any atom is -0.383 e. The first-order valence-electron chi connectivity index (χ1n) is 2.31. The van der Waals surface area contributed by atoms with Crippen molar-refractivity contribution in [3.05, 3.63) is 0 Å². The average Bonchev–Trinajstić information content (AvgIpc) is 1.62. The van der Waals surface area contributed by atoms with Crippen molar-refractivity contribution in [3.8, 4) is 0 Å². The Balaban J connectivity index is 3.82. The van der Waals surface area contributed by atoms with Crippen LogP contribution in [0.1, 0.15) is 20.8 Å². The van der Waals surface area contributed by atoms with E-state index in [0.29, 0.717) is 0 Å². The Morgan fingerprint density at radius 3 is 1.88 bits per heavy atom. The smallest absolute Gasteiger partial charge is 0.322 e. The van der Waals surface area contributed by atoms with E-state index in [1.807, 2.05) is 0 Å². The fraction of sp³-hybridized carbons (Fsp3) is 0.800. The molecular formula is C5H9BrO2. The predicted octanol–water partition coefficient (Wildman–Crippen LogP) is 1.89. The average molecular weight is 181 g/mol. The van der Waals surface area contributed by atoms with Gasteiger partial charge in [0.15, 0.2) is 16.3 Å². The van der Waals surface area contributed by atoms with Gasteiger partial charge in [-0.1, -0.05) is 0 Å². The van der Waals surface area contributed by atoms with Crippen molar-refractivity contribution in [1.29, 1.82) is 0 Å².